The van der Waals surface area contributed by atoms with E-state index in [4.69, 9.17) is 11.6 Å². The van der Waals surface area contributed by atoms with E-state index in [0.717, 1.165) is 16.8 Å². The van der Waals surface area contributed by atoms with Gasteiger partial charge in [-0.1, -0.05) is 72.3 Å². The minimum Gasteiger partial charge on any atom is -0.325 e. The van der Waals surface area contributed by atoms with Gasteiger partial charge in [-0.3, -0.25) is 9.59 Å². The summed E-state index contributed by atoms with van der Waals surface area (Å²) in [7, 11) is 0. The zero-order valence-electron chi connectivity index (χ0n) is 15.1. The number of anilines is 2. The predicted molar refractivity (Wildman–Crippen MR) is 112 cm³/mol. The second-order valence-corrected chi connectivity index (χ2v) is 7.16. The summed E-state index contributed by atoms with van der Waals surface area (Å²) in [4.78, 5) is 26.9. The van der Waals surface area contributed by atoms with Gasteiger partial charge >= 0.3 is 0 Å². The Labute approximate surface area is 168 Å². The van der Waals surface area contributed by atoms with Crippen molar-refractivity contribution in [3.8, 4) is 11.1 Å². The highest BCUT2D eigenvalue weighted by atomic mass is 35.5. The van der Waals surface area contributed by atoms with E-state index in [9.17, 15) is 9.59 Å². The summed E-state index contributed by atoms with van der Waals surface area (Å²) in [6.45, 7) is 0.321. The molecule has 1 fully saturated rings. The molecular formula is C23H19ClN2O2. The van der Waals surface area contributed by atoms with E-state index >= 15 is 0 Å². The average Bonchev–Trinajstić information content (AvgIpc) is 3.11. The fraction of sp³-hybridized carbons (Fsp3) is 0.130. The molecule has 0 aromatic heterocycles. The number of nitrogens with zero attached hydrogens (tertiary/aromatic N) is 1. The van der Waals surface area contributed by atoms with Crippen LogP contribution >= 0.6 is 11.6 Å². The van der Waals surface area contributed by atoms with Gasteiger partial charge in [0.05, 0.1) is 16.6 Å². The van der Waals surface area contributed by atoms with Crippen LogP contribution in [-0.2, 0) is 9.59 Å². The Bertz CT molecular complexity index is 1020. The molecule has 1 saturated heterocycles. The second-order valence-electron chi connectivity index (χ2n) is 6.76. The number of amides is 2. The Balaban J connectivity index is 1.53. The molecule has 140 valence electrons. The van der Waals surface area contributed by atoms with Gasteiger partial charge in [-0.15, -0.1) is 0 Å². The Morgan fingerprint density at radius 3 is 2.39 bits per heavy atom. The summed E-state index contributed by atoms with van der Waals surface area (Å²) in [6, 6.07) is 24.8. The number of para-hydroxylation sites is 2. The van der Waals surface area contributed by atoms with Crippen LogP contribution in [-0.4, -0.2) is 18.4 Å². The summed E-state index contributed by atoms with van der Waals surface area (Å²) >= 11 is 6.22. The van der Waals surface area contributed by atoms with Gasteiger partial charge in [-0.2, -0.15) is 0 Å². The third kappa shape index (κ3) is 3.64. The molecule has 0 radical (unpaired) electrons. The van der Waals surface area contributed by atoms with Gasteiger partial charge < -0.3 is 10.2 Å². The zero-order valence-corrected chi connectivity index (χ0v) is 15.9. The largest absolute Gasteiger partial charge is 0.325 e. The zero-order chi connectivity index (χ0) is 19.5. The molecule has 0 saturated carbocycles. The summed E-state index contributed by atoms with van der Waals surface area (Å²) in [6.07, 6.45) is 0.171. The van der Waals surface area contributed by atoms with Crippen LogP contribution in [0.15, 0.2) is 78.9 Å². The third-order valence-electron chi connectivity index (χ3n) is 4.91. The standard InChI is InChI=1S/C23H19ClN2O2/c24-19-11-5-7-13-21(19)26-15-17(14-22(26)27)23(28)25-20-12-6-4-10-18(20)16-8-2-1-3-9-16/h1-13,17H,14-15H2,(H,25,28). The van der Waals surface area contributed by atoms with Crippen LogP contribution in [0.5, 0.6) is 0 Å². The summed E-state index contributed by atoms with van der Waals surface area (Å²) in [5, 5.41) is 3.51. The minimum absolute atomic E-state index is 0.0930. The lowest BCUT2D eigenvalue weighted by molar-refractivity contribution is -0.122. The van der Waals surface area contributed by atoms with Crippen LogP contribution in [0.1, 0.15) is 6.42 Å². The first-order valence-corrected chi connectivity index (χ1v) is 9.51. The summed E-state index contributed by atoms with van der Waals surface area (Å²) < 4.78 is 0. The van der Waals surface area contributed by atoms with E-state index in [1.165, 1.54) is 0 Å². The smallest absolute Gasteiger partial charge is 0.229 e. The maximum atomic E-state index is 12.9. The Morgan fingerprint density at radius 1 is 0.929 bits per heavy atom. The molecular weight excluding hydrogens is 372 g/mol. The Hall–Kier alpha value is -3.11. The lowest BCUT2D eigenvalue weighted by Crippen LogP contribution is -2.28. The van der Waals surface area contributed by atoms with Crippen molar-refractivity contribution in [3.63, 3.8) is 0 Å². The summed E-state index contributed by atoms with van der Waals surface area (Å²) in [5.41, 5.74) is 3.36. The lowest BCUT2D eigenvalue weighted by Gasteiger charge is -2.18. The highest BCUT2D eigenvalue weighted by molar-refractivity contribution is 6.33. The molecule has 0 aliphatic carbocycles. The van der Waals surface area contributed by atoms with Crippen molar-refractivity contribution in [1.82, 2.24) is 0 Å². The van der Waals surface area contributed by atoms with E-state index in [2.05, 4.69) is 5.32 Å². The van der Waals surface area contributed by atoms with Gasteiger partial charge in [-0.25, -0.2) is 0 Å². The first-order valence-electron chi connectivity index (χ1n) is 9.13. The number of carbonyl (C=O) groups excluding carboxylic acids is 2. The second kappa shape index (κ2) is 7.87. The van der Waals surface area contributed by atoms with Crippen molar-refractivity contribution < 1.29 is 9.59 Å². The minimum atomic E-state index is -0.424. The Kier molecular flexibility index (Phi) is 5.13. The molecule has 4 nitrogen and oxygen atoms in total. The van der Waals surface area contributed by atoms with E-state index in [-0.39, 0.29) is 18.2 Å². The van der Waals surface area contributed by atoms with Crippen LogP contribution < -0.4 is 10.2 Å². The predicted octanol–water partition coefficient (Wildman–Crippen LogP) is 5.00. The molecule has 5 heteroatoms. The van der Waals surface area contributed by atoms with Crippen molar-refractivity contribution >= 4 is 34.8 Å². The molecule has 28 heavy (non-hydrogen) atoms. The van der Waals surface area contributed by atoms with E-state index in [1.807, 2.05) is 66.7 Å². The van der Waals surface area contributed by atoms with Crippen molar-refractivity contribution in [2.75, 3.05) is 16.8 Å². The van der Waals surface area contributed by atoms with Crippen molar-refractivity contribution in [1.29, 1.82) is 0 Å². The molecule has 1 N–H and O–H groups in total. The molecule has 1 atom stereocenters. The molecule has 3 aromatic carbocycles. The number of rotatable bonds is 4. The lowest BCUT2D eigenvalue weighted by atomic mass is 10.0. The average molecular weight is 391 g/mol. The maximum Gasteiger partial charge on any atom is 0.229 e. The number of carbonyl (C=O) groups is 2. The Morgan fingerprint density at radius 2 is 1.61 bits per heavy atom. The number of halogens is 1. The van der Waals surface area contributed by atoms with Crippen molar-refractivity contribution in [3.05, 3.63) is 83.9 Å². The molecule has 1 aliphatic heterocycles. The monoisotopic (exact) mass is 390 g/mol. The number of hydrogen-bond donors (Lipinski definition) is 1. The normalized spacial score (nSPS) is 16.2. The molecule has 4 rings (SSSR count). The highest BCUT2D eigenvalue weighted by Crippen LogP contribution is 2.32. The quantitative estimate of drug-likeness (QED) is 0.681. The first-order chi connectivity index (χ1) is 13.6. The molecule has 1 heterocycles. The van der Waals surface area contributed by atoms with Crippen LogP contribution in [0.2, 0.25) is 5.02 Å². The van der Waals surface area contributed by atoms with Gasteiger partial charge in [-0.05, 0) is 23.8 Å². The third-order valence-corrected chi connectivity index (χ3v) is 5.23. The SMILES string of the molecule is O=C(Nc1ccccc1-c1ccccc1)C1CC(=O)N(c2ccccc2Cl)C1. The van der Waals surface area contributed by atoms with Gasteiger partial charge in [0.2, 0.25) is 11.8 Å². The fourth-order valence-electron chi connectivity index (χ4n) is 3.48. The van der Waals surface area contributed by atoms with Gasteiger partial charge in [0.15, 0.2) is 0 Å². The maximum absolute atomic E-state index is 12.9. The fourth-order valence-corrected chi connectivity index (χ4v) is 3.72. The van der Waals surface area contributed by atoms with Crippen LogP contribution in [0.4, 0.5) is 11.4 Å². The topological polar surface area (TPSA) is 49.4 Å². The first kappa shape index (κ1) is 18.3. The number of benzene rings is 3. The number of nitrogens with one attached hydrogen (secondary N) is 1. The van der Waals surface area contributed by atoms with Crippen LogP contribution in [0.3, 0.4) is 0 Å². The van der Waals surface area contributed by atoms with E-state index in [0.29, 0.717) is 17.3 Å². The molecule has 2 amide bonds. The highest BCUT2D eigenvalue weighted by Gasteiger charge is 2.36. The van der Waals surface area contributed by atoms with Gasteiger partial charge in [0.25, 0.3) is 0 Å². The van der Waals surface area contributed by atoms with Gasteiger partial charge in [0, 0.05) is 24.2 Å². The molecule has 0 spiro atoms. The summed E-state index contributed by atoms with van der Waals surface area (Å²) in [5.74, 6) is -0.677. The molecule has 1 unspecified atom stereocenters. The van der Waals surface area contributed by atoms with Gasteiger partial charge in [0.1, 0.15) is 0 Å². The van der Waals surface area contributed by atoms with Crippen molar-refractivity contribution in [2.24, 2.45) is 5.92 Å². The molecule has 0 bridgehead atoms. The van der Waals surface area contributed by atoms with E-state index < -0.39 is 5.92 Å². The van der Waals surface area contributed by atoms with Crippen molar-refractivity contribution in [2.45, 2.75) is 6.42 Å². The van der Waals surface area contributed by atoms with Crippen LogP contribution in [0.25, 0.3) is 11.1 Å². The molecule has 3 aromatic rings. The van der Waals surface area contributed by atoms with Crippen LogP contribution in [0, 0.1) is 5.92 Å². The molecule has 1 aliphatic rings. The number of hydrogen-bond acceptors (Lipinski definition) is 2. The van der Waals surface area contributed by atoms with E-state index in [1.54, 1.807) is 17.0 Å².